The van der Waals surface area contributed by atoms with Crippen molar-refractivity contribution in [1.82, 2.24) is 9.88 Å². The van der Waals surface area contributed by atoms with Crippen molar-refractivity contribution in [3.8, 4) is 0 Å². The largest absolute Gasteiger partial charge is 0.481 e. The molecule has 5 heteroatoms. The zero-order chi connectivity index (χ0) is 12.4. The maximum atomic E-state index is 10.9. The molecule has 2 heterocycles. The smallest absolute Gasteiger partial charge is 0.313 e. The Morgan fingerprint density at radius 3 is 2.82 bits per heavy atom. The first kappa shape index (κ1) is 12.5. The molecule has 1 aliphatic rings. The number of rotatable bonds is 3. The molecule has 0 aromatic carbocycles. The molecule has 1 aromatic heterocycles. The summed E-state index contributed by atoms with van der Waals surface area (Å²) in [7, 11) is 2.13. The zero-order valence-electron chi connectivity index (χ0n) is 10.2. The van der Waals surface area contributed by atoms with Crippen LogP contribution in [0.4, 0.5) is 0 Å². The predicted molar refractivity (Wildman–Crippen MR) is 67.6 cm³/mol. The molecule has 1 aliphatic heterocycles. The van der Waals surface area contributed by atoms with Crippen LogP contribution < -0.4 is 0 Å². The third-order valence-electron chi connectivity index (χ3n) is 3.42. The summed E-state index contributed by atoms with van der Waals surface area (Å²) < 4.78 is 0. The first-order valence-electron chi connectivity index (χ1n) is 5.94. The van der Waals surface area contributed by atoms with Crippen LogP contribution >= 0.6 is 11.3 Å². The van der Waals surface area contributed by atoms with Crippen molar-refractivity contribution in [2.24, 2.45) is 0 Å². The van der Waals surface area contributed by atoms with Crippen LogP contribution in [0.1, 0.15) is 42.3 Å². The van der Waals surface area contributed by atoms with Crippen LogP contribution in [0.3, 0.4) is 0 Å². The molecule has 2 rings (SSSR count). The van der Waals surface area contributed by atoms with Crippen molar-refractivity contribution in [1.29, 1.82) is 0 Å². The number of carbonyl (C=O) groups is 1. The fourth-order valence-electron chi connectivity index (χ4n) is 2.10. The van der Waals surface area contributed by atoms with Crippen molar-refractivity contribution in [2.75, 3.05) is 20.1 Å². The molecule has 0 aliphatic carbocycles. The summed E-state index contributed by atoms with van der Waals surface area (Å²) >= 11 is 1.47. The molecule has 0 spiro atoms. The van der Waals surface area contributed by atoms with Gasteiger partial charge in [-0.2, -0.15) is 0 Å². The van der Waals surface area contributed by atoms with Gasteiger partial charge in [-0.15, -0.1) is 11.3 Å². The van der Waals surface area contributed by atoms with Gasteiger partial charge in [-0.25, -0.2) is 4.98 Å². The van der Waals surface area contributed by atoms with Gasteiger partial charge in [-0.3, -0.25) is 4.79 Å². The lowest BCUT2D eigenvalue weighted by molar-refractivity contribution is -0.138. The van der Waals surface area contributed by atoms with Gasteiger partial charge >= 0.3 is 5.97 Å². The van der Waals surface area contributed by atoms with E-state index in [1.165, 1.54) is 11.3 Å². The fourth-order valence-corrected chi connectivity index (χ4v) is 3.05. The first-order chi connectivity index (χ1) is 8.08. The quantitative estimate of drug-likeness (QED) is 0.898. The number of thiazole rings is 1. The van der Waals surface area contributed by atoms with Gasteiger partial charge in [-0.05, 0) is 39.9 Å². The maximum absolute atomic E-state index is 10.9. The van der Waals surface area contributed by atoms with Gasteiger partial charge in [0.25, 0.3) is 0 Å². The lowest BCUT2D eigenvalue weighted by Crippen LogP contribution is -2.29. The van der Waals surface area contributed by atoms with E-state index in [0.717, 1.165) is 36.6 Å². The van der Waals surface area contributed by atoms with E-state index in [4.69, 9.17) is 5.11 Å². The minimum absolute atomic E-state index is 0.486. The average Bonchev–Trinajstić information content (AvgIpc) is 2.78. The Bertz CT molecular complexity index is 397. The normalized spacial score (nSPS) is 20.4. The van der Waals surface area contributed by atoms with Crippen LogP contribution in [0.15, 0.2) is 5.38 Å². The molecule has 1 atom stereocenters. The minimum atomic E-state index is -0.797. The zero-order valence-corrected chi connectivity index (χ0v) is 11.0. The second-order valence-corrected chi connectivity index (χ2v) is 5.64. The van der Waals surface area contributed by atoms with Gasteiger partial charge in [0.15, 0.2) is 0 Å². The minimum Gasteiger partial charge on any atom is -0.481 e. The highest BCUT2D eigenvalue weighted by atomic mass is 32.1. The van der Waals surface area contributed by atoms with Crippen molar-refractivity contribution in [3.05, 3.63) is 16.1 Å². The van der Waals surface area contributed by atoms with Gasteiger partial charge in [0.2, 0.25) is 0 Å². The van der Waals surface area contributed by atoms with Gasteiger partial charge in [-0.1, -0.05) is 0 Å². The number of nitrogens with zero attached hydrogens (tertiary/aromatic N) is 2. The highest BCUT2D eigenvalue weighted by Gasteiger charge is 2.23. The number of piperidine rings is 1. The molecule has 4 nitrogen and oxygen atoms in total. The van der Waals surface area contributed by atoms with Crippen LogP contribution in [0, 0.1) is 0 Å². The van der Waals surface area contributed by atoms with E-state index in [0.29, 0.717) is 5.92 Å². The Hall–Kier alpha value is -0.940. The van der Waals surface area contributed by atoms with Crippen molar-refractivity contribution in [2.45, 2.75) is 31.6 Å². The molecule has 0 radical (unpaired) electrons. The summed E-state index contributed by atoms with van der Waals surface area (Å²) in [5, 5.41) is 11.7. The molecule has 0 bridgehead atoms. The standard InChI is InChI=1S/C12H18N2O2S/c1-8(12(15)16)11-13-10(7-17-11)9-3-5-14(2)6-4-9/h7-9H,3-6H2,1-2H3,(H,15,16). The summed E-state index contributed by atoms with van der Waals surface area (Å²) in [6, 6.07) is 0. The van der Waals surface area contributed by atoms with Crippen LogP contribution in [-0.2, 0) is 4.79 Å². The van der Waals surface area contributed by atoms with Gasteiger partial charge < -0.3 is 10.0 Å². The van der Waals surface area contributed by atoms with E-state index in [1.54, 1.807) is 6.92 Å². The number of hydrogen-bond donors (Lipinski definition) is 1. The number of carboxylic acid groups (broad SMARTS) is 1. The molecular formula is C12H18N2O2S. The van der Waals surface area contributed by atoms with Crippen LogP contribution in [0.5, 0.6) is 0 Å². The molecule has 1 aromatic rings. The van der Waals surface area contributed by atoms with E-state index >= 15 is 0 Å². The molecule has 0 amide bonds. The number of aromatic nitrogens is 1. The van der Waals surface area contributed by atoms with E-state index in [-0.39, 0.29) is 0 Å². The summed E-state index contributed by atoms with van der Waals surface area (Å²) in [4.78, 5) is 17.7. The van der Waals surface area contributed by atoms with Crippen LogP contribution in [-0.4, -0.2) is 41.1 Å². The summed E-state index contributed by atoms with van der Waals surface area (Å²) in [6.07, 6.45) is 2.25. The van der Waals surface area contributed by atoms with E-state index < -0.39 is 11.9 Å². The molecule has 1 fully saturated rings. The Kier molecular flexibility index (Phi) is 3.79. The lowest BCUT2D eigenvalue weighted by Gasteiger charge is -2.27. The topological polar surface area (TPSA) is 53.4 Å². The molecule has 1 unspecified atom stereocenters. The van der Waals surface area contributed by atoms with Crippen molar-refractivity contribution in [3.63, 3.8) is 0 Å². The van der Waals surface area contributed by atoms with E-state index in [1.807, 2.05) is 5.38 Å². The van der Waals surface area contributed by atoms with Crippen LogP contribution in [0.2, 0.25) is 0 Å². The fraction of sp³-hybridized carbons (Fsp3) is 0.667. The molecule has 1 saturated heterocycles. The second kappa shape index (κ2) is 5.14. The Morgan fingerprint density at radius 2 is 2.24 bits per heavy atom. The third-order valence-corrected chi connectivity index (χ3v) is 4.46. The van der Waals surface area contributed by atoms with Crippen molar-refractivity contribution < 1.29 is 9.90 Å². The second-order valence-electron chi connectivity index (χ2n) is 4.75. The van der Waals surface area contributed by atoms with Gasteiger partial charge in [0, 0.05) is 11.3 Å². The Balaban J connectivity index is 2.05. The predicted octanol–water partition coefficient (Wildman–Crippen LogP) is 2.14. The molecule has 94 valence electrons. The highest BCUT2D eigenvalue weighted by Crippen LogP contribution is 2.30. The van der Waals surface area contributed by atoms with E-state index in [9.17, 15) is 4.79 Å². The number of hydrogen-bond acceptors (Lipinski definition) is 4. The molecular weight excluding hydrogens is 236 g/mol. The summed E-state index contributed by atoms with van der Waals surface area (Å²) in [6.45, 7) is 3.90. The number of carboxylic acids is 1. The van der Waals surface area contributed by atoms with Crippen LogP contribution in [0.25, 0.3) is 0 Å². The molecule has 0 saturated carbocycles. The van der Waals surface area contributed by atoms with E-state index in [2.05, 4.69) is 16.9 Å². The van der Waals surface area contributed by atoms with Gasteiger partial charge in [0.1, 0.15) is 10.9 Å². The number of aliphatic carboxylic acids is 1. The number of likely N-dealkylation sites (tertiary alicyclic amines) is 1. The third kappa shape index (κ3) is 2.84. The molecule has 17 heavy (non-hydrogen) atoms. The highest BCUT2D eigenvalue weighted by molar-refractivity contribution is 7.09. The lowest BCUT2D eigenvalue weighted by atomic mass is 9.94. The summed E-state index contributed by atoms with van der Waals surface area (Å²) in [5.41, 5.74) is 1.09. The SMILES string of the molecule is CC(C(=O)O)c1nc(C2CCN(C)CC2)cs1. The average molecular weight is 254 g/mol. The van der Waals surface area contributed by atoms with Gasteiger partial charge in [0.05, 0.1) is 5.69 Å². The maximum Gasteiger partial charge on any atom is 0.313 e. The summed E-state index contributed by atoms with van der Waals surface area (Å²) in [5.74, 6) is -0.772. The molecule has 1 N–H and O–H groups in total. The first-order valence-corrected chi connectivity index (χ1v) is 6.82. The van der Waals surface area contributed by atoms with Crippen molar-refractivity contribution >= 4 is 17.3 Å². The Labute approximate surface area is 105 Å². The Morgan fingerprint density at radius 1 is 1.59 bits per heavy atom. The monoisotopic (exact) mass is 254 g/mol.